The summed E-state index contributed by atoms with van der Waals surface area (Å²) in [7, 11) is 0. The first kappa shape index (κ1) is 40.5. The van der Waals surface area contributed by atoms with E-state index in [2.05, 4.69) is 183 Å². The van der Waals surface area contributed by atoms with Gasteiger partial charge in [0.05, 0.1) is 5.41 Å². The molecular weight excluding hydrogens is 773 g/mol. The van der Waals surface area contributed by atoms with E-state index in [1.54, 1.807) is 0 Å². The zero-order chi connectivity index (χ0) is 43.5. The molecule has 0 atom stereocenters. The molecule has 0 unspecified atom stereocenters. The van der Waals surface area contributed by atoms with Crippen molar-refractivity contribution >= 4 is 10.8 Å². The van der Waals surface area contributed by atoms with Crippen LogP contribution in [0.4, 0.5) is 0 Å². The summed E-state index contributed by atoms with van der Waals surface area (Å²) in [6, 6.07) is 85.3. The van der Waals surface area contributed by atoms with Crippen LogP contribution >= 0.6 is 0 Å². The maximum absolute atomic E-state index is 5.60. The van der Waals surface area contributed by atoms with Gasteiger partial charge in [-0.15, -0.1) is 0 Å². The second-order valence-corrected chi connectivity index (χ2v) is 16.7. The normalized spacial score (nSPS) is 12.2. The minimum atomic E-state index is -0.337. The predicted molar refractivity (Wildman–Crippen MR) is 270 cm³/mol. The molecule has 0 amide bonds. The van der Waals surface area contributed by atoms with E-state index in [4.69, 9.17) is 11.5 Å². The number of nitrogens with two attached hydrogens (primary N) is 2. The van der Waals surface area contributed by atoms with Gasteiger partial charge in [0.1, 0.15) is 0 Å². The smallest absolute Gasteiger partial charge is 0.0725 e. The second-order valence-electron chi connectivity index (χ2n) is 16.7. The van der Waals surface area contributed by atoms with Gasteiger partial charge in [0.15, 0.2) is 0 Å². The summed E-state index contributed by atoms with van der Waals surface area (Å²) in [4.78, 5) is 0. The van der Waals surface area contributed by atoms with Crippen molar-refractivity contribution in [1.82, 2.24) is 0 Å². The van der Waals surface area contributed by atoms with E-state index in [1.807, 2.05) is 60.7 Å². The minimum Gasteiger partial charge on any atom is -0.326 e. The zero-order valence-corrected chi connectivity index (χ0v) is 36.1. The molecule has 10 aromatic rings. The largest absolute Gasteiger partial charge is 0.326 e. The summed E-state index contributed by atoms with van der Waals surface area (Å²) >= 11 is 0. The maximum atomic E-state index is 5.60. The van der Waals surface area contributed by atoms with Crippen molar-refractivity contribution in [3.05, 3.63) is 276 Å². The molecule has 0 aromatic heterocycles. The number of hydrogen-bond donors (Lipinski definition) is 2. The third-order valence-corrected chi connectivity index (χ3v) is 12.9. The Morgan fingerprint density at radius 3 is 1.47 bits per heavy atom. The molecule has 12 rings (SSSR count). The minimum absolute atomic E-state index is 0.337. The van der Waals surface area contributed by atoms with Crippen LogP contribution in [0.15, 0.2) is 237 Å². The highest BCUT2D eigenvalue weighted by Gasteiger charge is 2.52. The zero-order valence-electron chi connectivity index (χ0n) is 36.1. The molecule has 308 valence electrons. The number of aryl methyl sites for hydroxylation is 1. The number of hydrogen-bond acceptors (Lipinski definition) is 2. The number of benzene rings is 10. The van der Waals surface area contributed by atoms with Crippen molar-refractivity contribution < 1.29 is 0 Å². The molecule has 0 saturated heterocycles. The molecule has 0 bridgehead atoms. The lowest BCUT2D eigenvalue weighted by Crippen LogP contribution is -2.25. The molecule has 2 aliphatic carbocycles. The molecule has 1 spiro atoms. The summed E-state index contributed by atoms with van der Waals surface area (Å²) in [5.41, 5.74) is 32.7. The van der Waals surface area contributed by atoms with Crippen molar-refractivity contribution in [3.8, 4) is 55.6 Å². The summed E-state index contributed by atoms with van der Waals surface area (Å²) in [5, 5.41) is 2.55. The fourth-order valence-electron chi connectivity index (χ4n) is 10.0. The van der Waals surface area contributed by atoms with Gasteiger partial charge in [-0.3, -0.25) is 0 Å². The van der Waals surface area contributed by atoms with Gasteiger partial charge >= 0.3 is 0 Å². The summed E-state index contributed by atoms with van der Waals surface area (Å²) in [6.45, 7) is 3.40. The first-order valence-corrected chi connectivity index (χ1v) is 22.2. The average molecular weight is 823 g/mol. The SMILES string of the molecule is Cc1ccc(-c2c(-c3cccc4c3-c3ccccc3C43c4ccccc4-c4ccccc43)ccc3ccccc23)cc1.NCc1cccc(-c2ccccc2)c1.NCc1ccccc1. The van der Waals surface area contributed by atoms with Crippen LogP contribution < -0.4 is 11.5 Å². The third-order valence-electron chi connectivity index (χ3n) is 12.9. The first-order valence-electron chi connectivity index (χ1n) is 22.2. The van der Waals surface area contributed by atoms with E-state index in [0.29, 0.717) is 13.1 Å². The lowest BCUT2D eigenvalue weighted by atomic mass is 9.70. The predicted octanol–water partition coefficient (Wildman–Crippen LogP) is 14.8. The van der Waals surface area contributed by atoms with Gasteiger partial charge in [-0.1, -0.05) is 236 Å². The molecule has 2 heteroatoms. The molecule has 0 aliphatic heterocycles. The van der Waals surface area contributed by atoms with Crippen LogP contribution in [0.3, 0.4) is 0 Å². The van der Waals surface area contributed by atoms with Gasteiger partial charge in [0.2, 0.25) is 0 Å². The first-order chi connectivity index (χ1) is 31.6. The highest BCUT2D eigenvalue weighted by Crippen LogP contribution is 2.64. The number of rotatable bonds is 5. The summed E-state index contributed by atoms with van der Waals surface area (Å²) < 4.78 is 0. The quantitative estimate of drug-likeness (QED) is 0.182. The van der Waals surface area contributed by atoms with E-state index in [0.717, 1.165) is 0 Å². The van der Waals surface area contributed by atoms with Gasteiger partial charge in [-0.2, -0.15) is 0 Å². The molecule has 10 aromatic carbocycles. The maximum Gasteiger partial charge on any atom is 0.0725 e. The molecule has 0 saturated carbocycles. The van der Waals surface area contributed by atoms with Gasteiger partial charge in [0.25, 0.3) is 0 Å². The van der Waals surface area contributed by atoms with Crippen molar-refractivity contribution in [3.63, 3.8) is 0 Å². The van der Waals surface area contributed by atoms with Crippen LogP contribution in [0.25, 0.3) is 66.4 Å². The molecule has 2 nitrogen and oxygen atoms in total. The van der Waals surface area contributed by atoms with E-state index >= 15 is 0 Å². The van der Waals surface area contributed by atoms with Gasteiger partial charge in [-0.25, -0.2) is 0 Å². The lowest BCUT2D eigenvalue weighted by molar-refractivity contribution is 0.794. The fraction of sp³-hybridized carbons (Fsp3) is 0.0645. The monoisotopic (exact) mass is 822 g/mol. The van der Waals surface area contributed by atoms with Gasteiger partial charge in [-0.05, 0) is 113 Å². The Labute approximate surface area is 377 Å². The van der Waals surface area contributed by atoms with E-state index in [9.17, 15) is 0 Å². The molecular formula is C62H50N2. The van der Waals surface area contributed by atoms with Crippen molar-refractivity contribution in [1.29, 1.82) is 0 Å². The Balaban J connectivity index is 0.000000180. The van der Waals surface area contributed by atoms with Crippen LogP contribution in [0, 0.1) is 6.92 Å². The van der Waals surface area contributed by atoms with Crippen LogP contribution in [0.1, 0.15) is 38.9 Å². The fourth-order valence-corrected chi connectivity index (χ4v) is 10.0. The molecule has 4 N–H and O–H groups in total. The van der Waals surface area contributed by atoms with Crippen molar-refractivity contribution in [2.24, 2.45) is 11.5 Å². The summed E-state index contributed by atoms with van der Waals surface area (Å²) in [5.74, 6) is 0. The Hall–Kier alpha value is -7.62. The van der Waals surface area contributed by atoms with Crippen LogP contribution in [0.2, 0.25) is 0 Å². The van der Waals surface area contributed by atoms with Crippen molar-refractivity contribution in [2.75, 3.05) is 0 Å². The highest BCUT2D eigenvalue weighted by atomic mass is 14.5. The third kappa shape index (κ3) is 7.13. The Morgan fingerprint density at radius 2 is 0.812 bits per heavy atom. The Kier molecular flexibility index (Phi) is 11.1. The molecule has 2 aliphatic rings. The standard InChI is InChI=1S/C42H28.C13H13N.C7H9N/c1-27-21-23-29(24-22-27)40-30-12-3-2-11-28(30)25-26-34(40)33-16-10-20-39-41(33)35-15-6-9-19-38(35)42(39)36-17-7-4-13-31(36)32-14-5-8-18-37(32)42;14-10-11-5-4-8-13(9-11)12-6-2-1-3-7-12;8-6-7-4-2-1-3-5-7/h2-26H,1H3;1-9H,10,14H2;1-5H,6,8H2. The second kappa shape index (κ2) is 17.6. The summed E-state index contributed by atoms with van der Waals surface area (Å²) in [6.07, 6.45) is 0. The molecule has 0 fully saturated rings. The van der Waals surface area contributed by atoms with Gasteiger partial charge < -0.3 is 11.5 Å². The van der Waals surface area contributed by atoms with Crippen LogP contribution in [-0.2, 0) is 18.5 Å². The molecule has 0 radical (unpaired) electrons. The topological polar surface area (TPSA) is 52.0 Å². The van der Waals surface area contributed by atoms with E-state index in [1.165, 1.54) is 105 Å². The Bertz CT molecular complexity index is 3190. The van der Waals surface area contributed by atoms with Crippen molar-refractivity contribution in [2.45, 2.75) is 25.4 Å². The molecule has 0 heterocycles. The number of fused-ring (bicyclic) bond motifs is 11. The van der Waals surface area contributed by atoms with Crippen LogP contribution in [0.5, 0.6) is 0 Å². The van der Waals surface area contributed by atoms with E-state index in [-0.39, 0.29) is 5.41 Å². The average Bonchev–Trinajstić information content (AvgIpc) is 3.85. The van der Waals surface area contributed by atoms with Gasteiger partial charge in [0, 0.05) is 13.1 Å². The van der Waals surface area contributed by atoms with E-state index < -0.39 is 0 Å². The Morgan fingerprint density at radius 1 is 0.328 bits per heavy atom. The highest BCUT2D eigenvalue weighted by molar-refractivity contribution is 6.08. The molecule has 64 heavy (non-hydrogen) atoms. The lowest BCUT2D eigenvalue weighted by Gasteiger charge is -2.30. The van der Waals surface area contributed by atoms with Crippen LogP contribution in [-0.4, -0.2) is 0 Å².